The van der Waals surface area contributed by atoms with E-state index in [-0.39, 0.29) is 54.0 Å². The van der Waals surface area contributed by atoms with Crippen molar-refractivity contribution in [2.45, 2.75) is 51.7 Å². The van der Waals surface area contributed by atoms with Crippen molar-refractivity contribution < 1.29 is 52.9 Å². The topological polar surface area (TPSA) is 230 Å². The Bertz CT molecular complexity index is 1210. The van der Waals surface area contributed by atoms with Crippen LogP contribution in [0, 0.1) is 16.7 Å². The molecule has 5 unspecified atom stereocenters. The monoisotopic (exact) mass is 655 g/mol. The first-order valence-electron chi connectivity index (χ1n) is 13.0. The van der Waals surface area contributed by atoms with Gasteiger partial charge in [-0.15, -0.1) is 0 Å². The second-order valence-corrected chi connectivity index (χ2v) is 15.0. The lowest BCUT2D eigenvalue weighted by atomic mass is 9.97. The third-order valence-corrected chi connectivity index (χ3v) is 10.6. The van der Waals surface area contributed by atoms with Gasteiger partial charge in [-0.2, -0.15) is 4.98 Å². The number of phosphoric ester groups is 1. The van der Waals surface area contributed by atoms with Gasteiger partial charge >= 0.3 is 13.5 Å². The van der Waals surface area contributed by atoms with E-state index in [9.17, 15) is 39.4 Å². The predicted octanol–water partition coefficient (Wildman–Crippen LogP) is 0.159. The van der Waals surface area contributed by atoms with Gasteiger partial charge in [0.25, 0.3) is 0 Å². The number of anilines is 1. The van der Waals surface area contributed by atoms with Crippen LogP contribution in [0.1, 0.15) is 33.7 Å². The van der Waals surface area contributed by atoms with E-state index >= 15 is 0 Å². The molecule has 2 heterocycles. The van der Waals surface area contributed by atoms with E-state index in [0.717, 1.165) is 28.1 Å². The molecule has 5 atom stereocenters. The number of nitrogen functional groups attached to an aromatic ring is 1. The normalized spacial score (nSPS) is 25.8. The number of ether oxygens (including phenoxy) is 1. The van der Waals surface area contributed by atoms with Crippen LogP contribution in [0.3, 0.4) is 0 Å². The van der Waals surface area contributed by atoms with E-state index in [1.807, 2.05) is 0 Å². The van der Waals surface area contributed by atoms with Gasteiger partial charge in [0.2, 0.25) is 0 Å². The minimum Gasteiger partial charge on any atom is -0.395 e. The average molecular weight is 656 g/mol. The van der Waals surface area contributed by atoms with Crippen molar-refractivity contribution in [1.82, 2.24) is 9.55 Å². The number of aliphatic hydroxyl groups is 4. The smallest absolute Gasteiger partial charge is 0.395 e. The van der Waals surface area contributed by atoms with Gasteiger partial charge in [0.05, 0.1) is 55.9 Å². The van der Waals surface area contributed by atoms with Crippen LogP contribution in [0.4, 0.5) is 5.82 Å². The van der Waals surface area contributed by atoms with Crippen molar-refractivity contribution >= 4 is 47.4 Å². The second kappa shape index (κ2) is 13.7. The Morgan fingerprint density at radius 2 is 1.62 bits per heavy atom. The van der Waals surface area contributed by atoms with Gasteiger partial charge in [0.1, 0.15) is 18.0 Å². The first kappa shape index (κ1) is 35.1. The van der Waals surface area contributed by atoms with Crippen LogP contribution in [0.5, 0.6) is 0 Å². The lowest BCUT2D eigenvalue weighted by molar-refractivity contribution is -0.162. The summed E-state index contributed by atoms with van der Waals surface area (Å²) in [6, 6.07) is 0.448. The number of phosphoric acid groups is 1. The highest BCUT2D eigenvalue weighted by Gasteiger charge is 2.76. The van der Waals surface area contributed by atoms with Gasteiger partial charge in [-0.05, 0) is 33.8 Å². The third kappa shape index (κ3) is 8.01. The summed E-state index contributed by atoms with van der Waals surface area (Å²) in [6.07, 6.45) is -1.14. The average Bonchev–Trinajstić information content (AvgIpc) is 3.44. The van der Waals surface area contributed by atoms with Crippen molar-refractivity contribution in [3.8, 4) is 0 Å². The fourth-order valence-corrected chi connectivity index (χ4v) is 7.03. The number of fused-ring (bicyclic) bond motifs is 1. The summed E-state index contributed by atoms with van der Waals surface area (Å²) in [7, 11) is -4.33. The Morgan fingerprint density at radius 3 is 2.05 bits per heavy atom. The molecule has 1 saturated carbocycles. The van der Waals surface area contributed by atoms with Crippen LogP contribution in [0.15, 0.2) is 17.1 Å². The molecule has 1 aromatic heterocycles. The third-order valence-electron chi connectivity index (χ3n) is 6.80. The number of carbonyl (C=O) groups is 2. The maximum atomic E-state index is 13.4. The Kier molecular flexibility index (Phi) is 11.5. The molecule has 3 rings (SSSR count). The fraction of sp³-hybridized carbons (Fsp3) is 0.750. The number of nitrogens with two attached hydrogens (primary N) is 1. The van der Waals surface area contributed by atoms with Gasteiger partial charge in [0.15, 0.2) is 16.0 Å². The van der Waals surface area contributed by atoms with Crippen molar-refractivity contribution in [2.75, 3.05) is 50.3 Å². The molecule has 1 saturated heterocycles. The highest BCUT2D eigenvalue weighted by atomic mass is 32.2. The van der Waals surface area contributed by atoms with Crippen LogP contribution in [0.2, 0.25) is 0 Å². The molecule has 0 spiro atoms. The molecule has 6 N–H and O–H groups in total. The van der Waals surface area contributed by atoms with Gasteiger partial charge in [-0.25, -0.2) is 9.36 Å². The zero-order chi connectivity index (χ0) is 31.5. The van der Waals surface area contributed by atoms with Gasteiger partial charge in [0, 0.05) is 17.7 Å². The number of hydrogen-bond acceptors (Lipinski definition) is 16. The van der Waals surface area contributed by atoms with Crippen molar-refractivity contribution in [3.63, 3.8) is 0 Å². The van der Waals surface area contributed by atoms with Crippen molar-refractivity contribution in [1.29, 1.82) is 0 Å². The molecule has 1 aromatic rings. The van der Waals surface area contributed by atoms with E-state index in [1.54, 1.807) is 27.7 Å². The number of aromatic nitrogens is 2. The standard InChI is InChI=1S/C24H38N3O12PS2/c1-22(2,12-28)19(31)41-9-7-36-40(35,37-8-10-42-20(32)23(3,4)13-29)38-11-14-17(30)16-18(24(16,34)39-14)27-6-5-15(25)26-21(27)33/h5-6,14,16-18,28-30,34H,7-13H2,1-4H3,(H2,25,26,33). The summed E-state index contributed by atoms with van der Waals surface area (Å²) in [5.41, 5.74) is 2.82. The molecule has 0 amide bonds. The number of thioether (sulfide) groups is 2. The number of nitrogens with zero attached hydrogens (tertiary/aromatic N) is 2. The minimum atomic E-state index is -4.33. The fourth-order valence-electron chi connectivity index (χ4n) is 3.99. The number of aliphatic hydroxyl groups excluding tert-OH is 3. The molecule has 1 aliphatic heterocycles. The SMILES string of the molecule is CC(C)(CO)C(=O)SCCOP(=O)(OCCSC(=O)C(C)(C)CO)OCC1OC2(O)C(C1O)C2n1ccc(N)nc1=O. The number of carbonyl (C=O) groups excluding carboxylic acids is 2. The molecule has 0 aromatic carbocycles. The molecule has 15 nitrogen and oxygen atoms in total. The Balaban J connectivity index is 1.59. The molecular weight excluding hydrogens is 617 g/mol. The van der Waals surface area contributed by atoms with Crippen molar-refractivity contribution in [3.05, 3.63) is 22.7 Å². The summed E-state index contributed by atoms with van der Waals surface area (Å²) < 4.78 is 36.3. The van der Waals surface area contributed by atoms with Crippen LogP contribution in [-0.2, 0) is 32.5 Å². The summed E-state index contributed by atoms with van der Waals surface area (Å²) in [5, 5.41) is 39.7. The first-order valence-corrected chi connectivity index (χ1v) is 16.5. The highest BCUT2D eigenvalue weighted by molar-refractivity contribution is 8.14. The summed E-state index contributed by atoms with van der Waals surface area (Å²) >= 11 is 1.74. The zero-order valence-corrected chi connectivity index (χ0v) is 26.2. The quantitative estimate of drug-likeness (QED) is 0.118. The maximum Gasteiger partial charge on any atom is 0.474 e. The molecule has 238 valence electrons. The van der Waals surface area contributed by atoms with Gasteiger partial charge in [-0.3, -0.25) is 27.7 Å². The Hall–Kier alpha value is -1.37. The lowest BCUT2D eigenvalue weighted by Gasteiger charge is -2.24. The van der Waals surface area contributed by atoms with E-state index < -0.39 is 60.9 Å². The van der Waals surface area contributed by atoms with Crippen LogP contribution in [0.25, 0.3) is 0 Å². The molecule has 18 heteroatoms. The Morgan fingerprint density at radius 1 is 1.10 bits per heavy atom. The molecule has 2 fully saturated rings. The zero-order valence-electron chi connectivity index (χ0n) is 23.7. The molecule has 1 aliphatic carbocycles. The van der Waals surface area contributed by atoms with Crippen LogP contribution >= 0.6 is 31.3 Å². The summed E-state index contributed by atoms with van der Waals surface area (Å²) in [6.45, 7) is 4.60. The molecule has 42 heavy (non-hydrogen) atoms. The molecule has 0 radical (unpaired) electrons. The molecule has 0 bridgehead atoms. The van der Waals surface area contributed by atoms with Crippen molar-refractivity contribution in [2.24, 2.45) is 16.7 Å². The molecule has 2 aliphatic rings. The maximum absolute atomic E-state index is 13.4. The first-order chi connectivity index (χ1) is 19.5. The Labute approximate surface area is 251 Å². The van der Waals surface area contributed by atoms with E-state index in [1.165, 1.54) is 12.3 Å². The second-order valence-electron chi connectivity index (χ2n) is 11.2. The highest BCUT2D eigenvalue weighted by Crippen LogP contribution is 2.63. The minimum absolute atomic E-state index is 0.00250. The van der Waals surface area contributed by atoms with E-state index in [0.29, 0.717) is 0 Å². The van der Waals surface area contributed by atoms with Gasteiger partial charge in [-0.1, -0.05) is 23.5 Å². The van der Waals surface area contributed by atoms with E-state index in [2.05, 4.69) is 4.98 Å². The van der Waals surface area contributed by atoms with E-state index in [4.69, 9.17) is 24.0 Å². The van der Waals surface area contributed by atoms with Crippen LogP contribution < -0.4 is 11.4 Å². The summed E-state index contributed by atoms with van der Waals surface area (Å²) in [5.74, 6) is -2.67. The summed E-state index contributed by atoms with van der Waals surface area (Å²) in [4.78, 5) is 40.2. The predicted molar refractivity (Wildman–Crippen MR) is 153 cm³/mol. The van der Waals surface area contributed by atoms with Crippen LogP contribution in [-0.4, -0.2) is 103 Å². The van der Waals surface area contributed by atoms with Gasteiger partial charge < -0.3 is 30.9 Å². The molecular formula is C24H38N3O12PS2. The lowest BCUT2D eigenvalue weighted by Crippen LogP contribution is -2.36. The number of rotatable bonds is 16. The largest absolute Gasteiger partial charge is 0.474 e. The number of hydrogen-bond donors (Lipinski definition) is 5.